The second kappa shape index (κ2) is 4.73. The highest BCUT2D eigenvalue weighted by molar-refractivity contribution is 8.13. The lowest BCUT2D eigenvalue weighted by molar-refractivity contribution is 0.293. The predicted molar refractivity (Wildman–Crippen MR) is 80.1 cm³/mol. The van der Waals surface area contributed by atoms with Crippen LogP contribution >= 0.6 is 11.8 Å². The van der Waals surface area contributed by atoms with E-state index >= 15 is 0 Å². The first-order valence-corrected chi connectivity index (χ1v) is 8.51. The number of fused-ring (bicyclic) bond motifs is 2. The second-order valence-corrected chi connectivity index (χ2v) is 8.20. The first-order valence-electron chi connectivity index (χ1n) is 7.52. The van der Waals surface area contributed by atoms with E-state index in [-0.39, 0.29) is 5.54 Å². The summed E-state index contributed by atoms with van der Waals surface area (Å²) in [5.74, 6) is 4.09. The molecule has 1 heterocycles. The Kier molecular flexibility index (Phi) is 3.38. The molecule has 2 saturated carbocycles. The van der Waals surface area contributed by atoms with E-state index in [0.29, 0.717) is 6.04 Å². The molecule has 2 bridgehead atoms. The molecule has 102 valence electrons. The van der Waals surface area contributed by atoms with Crippen LogP contribution in [0.1, 0.15) is 52.9 Å². The van der Waals surface area contributed by atoms with Gasteiger partial charge in [0.2, 0.25) is 0 Å². The SMILES string of the molecule is CC(N=C1NC(C)(C)CCS1)C1CC2CCC1C2. The lowest BCUT2D eigenvalue weighted by Crippen LogP contribution is -2.46. The van der Waals surface area contributed by atoms with Crippen LogP contribution in [0.25, 0.3) is 0 Å². The number of nitrogens with zero attached hydrogens (tertiary/aromatic N) is 1. The molecule has 4 unspecified atom stereocenters. The number of aliphatic imine (C=N–C) groups is 1. The summed E-state index contributed by atoms with van der Waals surface area (Å²) in [4.78, 5) is 5.00. The van der Waals surface area contributed by atoms with Crippen LogP contribution in [0.3, 0.4) is 0 Å². The Bertz CT molecular complexity index is 350. The van der Waals surface area contributed by atoms with Crippen molar-refractivity contribution in [2.75, 3.05) is 5.75 Å². The molecule has 4 atom stereocenters. The van der Waals surface area contributed by atoms with Crippen molar-refractivity contribution in [2.45, 2.75) is 64.5 Å². The van der Waals surface area contributed by atoms with E-state index in [4.69, 9.17) is 4.99 Å². The van der Waals surface area contributed by atoms with Crippen LogP contribution in [0.15, 0.2) is 4.99 Å². The van der Waals surface area contributed by atoms with Crippen molar-refractivity contribution in [3.63, 3.8) is 0 Å². The molecule has 3 rings (SSSR count). The topological polar surface area (TPSA) is 24.4 Å². The molecule has 0 aromatic rings. The van der Waals surface area contributed by atoms with Crippen molar-refractivity contribution in [2.24, 2.45) is 22.7 Å². The van der Waals surface area contributed by atoms with Crippen LogP contribution in [0.4, 0.5) is 0 Å². The lowest BCUT2D eigenvalue weighted by Gasteiger charge is -2.33. The van der Waals surface area contributed by atoms with Gasteiger partial charge in [-0.1, -0.05) is 18.2 Å². The summed E-state index contributed by atoms with van der Waals surface area (Å²) in [6.45, 7) is 6.90. The van der Waals surface area contributed by atoms with Crippen LogP contribution in [0.5, 0.6) is 0 Å². The number of hydrogen-bond donors (Lipinski definition) is 1. The van der Waals surface area contributed by atoms with Gasteiger partial charge in [-0.2, -0.15) is 0 Å². The van der Waals surface area contributed by atoms with Gasteiger partial charge < -0.3 is 5.32 Å². The van der Waals surface area contributed by atoms with Crippen molar-refractivity contribution in [1.82, 2.24) is 5.32 Å². The Labute approximate surface area is 115 Å². The number of nitrogens with one attached hydrogen (secondary N) is 1. The average molecular weight is 266 g/mol. The Morgan fingerprint density at radius 2 is 2.17 bits per heavy atom. The predicted octanol–water partition coefficient (Wildman–Crippen LogP) is 3.67. The smallest absolute Gasteiger partial charge is 0.157 e. The summed E-state index contributed by atoms with van der Waals surface area (Å²) in [5.41, 5.74) is 0.235. The highest BCUT2D eigenvalue weighted by atomic mass is 32.2. The minimum atomic E-state index is 0.235. The molecular formula is C15H26N2S. The molecule has 1 saturated heterocycles. The number of hydrogen-bond acceptors (Lipinski definition) is 2. The van der Waals surface area contributed by atoms with E-state index in [2.05, 4.69) is 26.1 Å². The lowest BCUT2D eigenvalue weighted by atomic mass is 9.84. The van der Waals surface area contributed by atoms with Crippen LogP contribution < -0.4 is 5.32 Å². The molecule has 1 aliphatic heterocycles. The van der Waals surface area contributed by atoms with E-state index in [1.165, 1.54) is 43.0 Å². The van der Waals surface area contributed by atoms with Crippen molar-refractivity contribution in [3.05, 3.63) is 0 Å². The van der Waals surface area contributed by atoms with Gasteiger partial charge in [-0.3, -0.25) is 4.99 Å². The van der Waals surface area contributed by atoms with Gasteiger partial charge in [-0.15, -0.1) is 0 Å². The Balaban J connectivity index is 1.64. The van der Waals surface area contributed by atoms with Crippen molar-refractivity contribution in [1.29, 1.82) is 0 Å². The Morgan fingerprint density at radius 1 is 1.33 bits per heavy atom. The third kappa shape index (κ3) is 2.56. The molecule has 3 fully saturated rings. The summed E-state index contributed by atoms with van der Waals surface area (Å²) in [6, 6.07) is 0.518. The number of amidine groups is 1. The zero-order valence-corrected chi connectivity index (χ0v) is 12.7. The molecule has 3 heteroatoms. The van der Waals surface area contributed by atoms with Crippen molar-refractivity contribution >= 4 is 16.9 Å². The van der Waals surface area contributed by atoms with Crippen LogP contribution in [-0.4, -0.2) is 22.5 Å². The molecule has 0 radical (unpaired) electrons. The quantitative estimate of drug-likeness (QED) is 0.824. The third-order valence-corrected chi connectivity index (χ3v) is 6.03. The average Bonchev–Trinajstić information content (AvgIpc) is 2.89. The van der Waals surface area contributed by atoms with Gasteiger partial charge >= 0.3 is 0 Å². The minimum absolute atomic E-state index is 0.235. The van der Waals surface area contributed by atoms with E-state index < -0.39 is 0 Å². The maximum absolute atomic E-state index is 5.00. The molecule has 2 aliphatic carbocycles. The fraction of sp³-hybridized carbons (Fsp3) is 0.933. The zero-order valence-electron chi connectivity index (χ0n) is 11.9. The highest BCUT2D eigenvalue weighted by Gasteiger charge is 2.42. The first-order chi connectivity index (χ1) is 8.53. The third-order valence-electron chi connectivity index (χ3n) is 5.14. The van der Waals surface area contributed by atoms with Gasteiger partial charge in [-0.05, 0) is 64.2 Å². The second-order valence-electron chi connectivity index (χ2n) is 7.12. The molecule has 0 spiro atoms. The molecule has 0 amide bonds. The van der Waals surface area contributed by atoms with Gasteiger partial charge in [0.1, 0.15) is 0 Å². The number of rotatable bonds is 2. The molecular weight excluding hydrogens is 240 g/mol. The summed E-state index contributed by atoms with van der Waals surface area (Å²) in [6.07, 6.45) is 7.13. The molecule has 18 heavy (non-hydrogen) atoms. The fourth-order valence-electron chi connectivity index (χ4n) is 4.03. The van der Waals surface area contributed by atoms with Crippen molar-refractivity contribution in [3.8, 4) is 0 Å². The summed E-state index contributed by atoms with van der Waals surface area (Å²) in [5, 5.41) is 4.80. The van der Waals surface area contributed by atoms with Gasteiger partial charge in [0, 0.05) is 11.3 Å². The fourth-order valence-corrected chi connectivity index (χ4v) is 5.42. The maximum atomic E-state index is 5.00. The van der Waals surface area contributed by atoms with Crippen LogP contribution in [-0.2, 0) is 0 Å². The van der Waals surface area contributed by atoms with Gasteiger partial charge in [0.15, 0.2) is 5.17 Å². The van der Waals surface area contributed by atoms with Gasteiger partial charge in [0.25, 0.3) is 0 Å². The standard InChI is InChI=1S/C15H26N2S/c1-10(13-9-11-4-5-12(13)8-11)16-14-17-15(2,3)6-7-18-14/h10-13H,4-9H2,1-3H3,(H,16,17). The monoisotopic (exact) mass is 266 g/mol. The highest BCUT2D eigenvalue weighted by Crippen LogP contribution is 2.50. The Morgan fingerprint density at radius 3 is 2.78 bits per heavy atom. The normalized spacial score (nSPS) is 41.9. The van der Waals surface area contributed by atoms with Gasteiger partial charge in [-0.25, -0.2) is 0 Å². The minimum Gasteiger partial charge on any atom is -0.360 e. The summed E-state index contributed by atoms with van der Waals surface area (Å²) < 4.78 is 0. The molecule has 0 aromatic heterocycles. The van der Waals surface area contributed by atoms with E-state index in [1.807, 2.05) is 11.8 Å². The molecule has 0 aromatic carbocycles. The van der Waals surface area contributed by atoms with Crippen LogP contribution in [0.2, 0.25) is 0 Å². The molecule has 2 nitrogen and oxygen atoms in total. The van der Waals surface area contributed by atoms with Crippen LogP contribution in [0, 0.1) is 17.8 Å². The van der Waals surface area contributed by atoms with E-state index in [9.17, 15) is 0 Å². The van der Waals surface area contributed by atoms with E-state index in [0.717, 1.165) is 17.8 Å². The molecule has 1 N–H and O–H groups in total. The van der Waals surface area contributed by atoms with Gasteiger partial charge in [0.05, 0.1) is 6.04 Å². The Hall–Kier alpha value is -0.180. The van der Waals surface area contributed by atoms with Crippen molar-refractivity contribution < 1.29 is 0 Å². The maximum Gasteiger partial charge on any atom is 0.157 e. The zero-order chi connectivity index (χ0) is 12.8. The molecule has 3 aliphatic rings. The largest absolute Gasteiger partial charge is 0.360 e. The summed E-state index contributed by atoms with van der Waals surface area (Å²) >= 11 is 1.91. The number of thioether (sulfide) groups is 1. The summed E-state index contributed by atoms with van der Waals surface area (Å²) in [7, 11) is 0. The first kappa shape index (κ1) is 12.8. The van der Waals surface area contributed by atoms with E-state index in [1.54, 1.807) is 0 Å².